The van der Waals surface area contributed by atoms with Crippen LogP contribution in [0.5, 0.6) is 11.5 Å². The molecular weight excluding hydrogens is 398 g/mol. The maximum atomic E-state index is 12.8. The highest BCUT2D eigenvalue weighted by molar-refractivity contribution is 6.00. The molecule has 0 unspecified atom stereocenters. The van der Waals surface area contributed by atoms with Gasteiger partial charge in [0.05, 0.1) is 30.3 Å². The molecule has 0 spiro atoms. The molecule has 0 atom stereocenters. The van der Waals surface area contributed by atoms with Crippen molar-refractivity contribution in [3.05, 3.63) is 57.6 Å². The standard InChI is InChI=1S/C19H21N3O8/c23-8-19(9-24,10-25)21-15-3-2-13(22(27)28)6-14(15)18(26)20-7-12-1-4-16-17(5-12)30-11-29-16/h1-6,21,23-25H,7-11H2,(H,20,26). The number of nitrogens with one attached hydrogen (secondary N) is 2. The number of benzene rings is 2. The van der Waals surface area contributed by atoms with E-state index in [9.17, 15) is 30.2 Å². The van der Waals surface area contributed by atoms with Crippen molar-refractivity contribution in [1.29, 1.82) is 0 Å². The lowest BCUT2D eigenvalue weighted by atomic mass is 10.0. The molecule has 2 aromatic rings. The van der Waals surface area contributed by atoms with Crippen LogP contribution >= 0.6 is 0 Å². The van der Waals surface area contributed by atoms with Crippen LogP contribution in [-0.2, 0) is 6.54 Å². The van der Waals surface area contributed by atoms with Crippen molar-refractivity contribution in [3.8, 4) is 11.5 Å². The predicted molar refractivity (Wildman–Crippen MR) is 104 cm³/mol. The number of fused-ring (bicyclic) bond motifs is 1. The van der Waals surface area contributed by atoms with Crippen LogP contribution in [0.2, 0.25) is 0 Å². The zero-order valence-corrected chi connectivity index (χ0v) is 15.8. The molecule has 0 saturated heterocycles. The Morgan fingerprint density at radius 2 is 1.77 bits per heavy atom. The summed E-state index contributed by atoms with van der Waals surface area (Å²) in [7, 11) is 0. The van der Waals surface area contributed by atoms with Crippen LogP contribution in [0.4, 0.5) is 11.4 Å². The number of aliphatic hydroxyl groups is 3. The van der Waals surface area contributed by atoms with E-state index in [1.807, 2.05) is 0 Å². The van der Waals surface area contributed by atoms with Crippen LogP contribution in [0, 0.1) is 10.1 Å². The average molecular weight is 419 g/mol. The molecule has 0 radical (unpaired) electrons. The van der Waals surface area contributed by atoms with Gasteiger partial charge in [0.25, 0.3) is 11.6 Å². The SMILES string of the molecule is O=C(NCc1ccc2c(c1)OCO2)c1cc([N+](=O)[O-])ccc1NC(CO)(CO)CO. The second kappa shape index (κ2) is 8.95. The third-order valence-corrected chi connectivity index (χ3v) is 4.66. The zero-order chi connectivity index (χ0) is 21.7. The van der Waals surface area contributed by atoms with Crippen LogP contribution in [0.15, 0.2) is 36.4 Å². The van der Waals surface area contributed by atoms with Crippen LogP contribution in [0.3, 0.4) is 0 Å². The van der Waals surface area contributed by atoms with Gasteiger partial charge in [0.2, 0.25) is 6.79 Å². The number of carbonyl (C=O) groups excluding carboxylic acids is 1. The molecule has 0 fully saturated rings. The van der Waals surface area contributed by atoms with Crippen molar-refractivity contribution in [3.63, 3.8) is 0 Å². The summed E-state index contributed by atoms with van der Waals surface area (Å²) in [4.78, 5) is 23.3. The Morgan fingerprint density at radius 1 is 1.07 bits per heavy atom. The number of hydrogen-bond acceptors (Lipinski definition) is 9. The third kappa shape index (κ3) is 4.43. The molecular formula is C19H21N3O8. The first kappa shape index (κ1) is 21.3. The van der Waals surface area contributed by atoms with Crippen molar-refractivity contribution in [2.24, 2.45) is 0 Å². The van der Waals surface area contributed by atoms with Gasteiger partial charge in [-0.15, -0.1) is 0 Å². The lowest BCUT2D eigenvalue weighted by molar-refractivity contribution is -0.384. The molecule has 0 saturated carbocycles. The molecule has 2 aromatic carbocycles. The van der Waals surface area contributed by atoms with Gasteiger partial charge >= 0.3 is 0 Å². The minimum atomic E-state index is -1.51. The summed E-state index contributed by atoms with van der Waals surface area (Å²) in [5.41, 5.74) is -1.06. The normalized spacial score (nSPS) is 12.5. The maximum absolute atomic E-state index is 12.8. The Morgan fingerprint density at radius 3 is 2.43 bits per heavy atom. The molecule has 11 heteroatoms. The minimum Gasteiger partial charge on any atom is -0.454 e. The summed E-state index contributed by atoms with van der Waals surface area (Å²) in [6.07, 6.45) is 0. The summed E-state index contributed by atoms with van der Waals surface area (Å²) in [6, 6.07) is 8.70. The second-order valence-electron chi connectivity index (χ2n) is 6.74. The number of nitro groups is 1. The summed E-state index contributed by atoms with van der Waals surface area (Å²) in [5, 5.41) is 45.1. The van der Waals surface area contributed by atoms with Gasteiger partial charge in [-0.25, -0.2) is 0 Å². The predicted octanol–water partition coefficient (Wildman–Crippen LogP) is 0.381. The number of nitro benzene ring substituents is 1. The molecule has 5 N–H and O–H groups in total. The molecule has 0 aromatic heterocycles. The molecule has 160 valence electrons. The Bertz CT molecular complexity index is 937. The van der Waals surface area contributed by atoms with E-state index in [-0.39, 0.29) is 30.3 Å². The minimum absolute atomic E-state index is 0.0790. The number of nitrogens with zero attached hydrogens (tertiary/aromatic N) is 1. The van der Waals surface area contributed by atoms with Crippen molar-refractivity contribution in [1.82, 2.24) is 5.32 Å². The molecule has 1 aliphatic heterocycles. The first-order valence-electron chi connectivity index (χ1n) is 8.97. The molecule has 30 heavy (non-hydrogen) atoms. The molecule has 1 amide bonds. The summed E-state index contributed by atoms with van der Waals surface area (Å²) < 4.78 is 10.5. The Labute approximate surface area is 171 Å². The molecule has 0 aliphatic carbocycles. The number of rotatable bonds is 9. The number of ether oxygens (including phenoxy) is 2. The van der Waals surface area contributed by atoms with Gasteiger partial charge in [-0.05, 0) is 23.8 Å². The van der Waals surface area contributed by atoms with Crippen molar-refractivity contribution < 1.29 is 34.5 Å². The van der Waals surface area contributed by atoms with Crippen LogP contribution in [0.1, 0.15) is 15.9 Å². The summed E-state index contributed by atoms with van der Waals surface area (Å²) in [5.74, 6) is 0.531. The molecule has 0 bridgehead atoms. The Kier molecular flexibility index (Phi) is 6.35. The van der Waals surface area contributed by atoms with Crippen LogP contribution in [-0.4, -0.2) is 58.3 Å². The largest absolute Gasteiger partial charge is 0.454 e. The van der Waals surface area contributed by atoms with E-state index < -0.39 is 36.2 Å². The van der Waals surface area contributed by atoms with E-state index in [4.69, 9.17) is 9.47 Å². The number of aliphatic hydroxyl groups excluding tert-OH is 3. The lowest BCUT2D eigenvalue weighted by Gasteiger charge is -2.30. The number of carbonyl (C=O) groups is 1. The van der Waals surface area contributed by atoms with Crippen molar-refractivity contribution in [2.45, 2.75) is 12.1 Å². The first-order chi connectivity index (χ1) is 14.4. The number of anilines is 1. The van der Waals surface area contributed by atoms with Gasteiger partial charge in [0, 0.05) is 24.4 Å². The van der Waals surface area contributed by atoms with Crippen molar-refractivity contribution in [2.75, 3.05) is 31.9 Å². The average Bonchev–Trinajstić information content (AvgIpc) is 3.24. The number of amides is 1. The van der Waals surface area contributed by atoms with E-state index in [1.54, 1.807) is 18.2 Å². The topological polar surface area (TPSA) is 163 Å². The van der Waals surface area contributed by atoms with Gasteiger partial charge in [-0.3, -0.25) is 14.9 Å². The second-order valence-corrected chi connectivity index (χ2v) is 6.74. The van der Waals surface area contributed by atoms with E-state index in [0.717, 1.165) is 11.6 Å². The lowest BCUT2D eigenvalue weighted by Crippen LogP contribution is -2.49. The van der Waals surface area contributed by atoms with Gasteiger partial charge in [-0.2, -0.15) is 0 Å². The maximum Gasteiger partial charge on any atom is 0.270 e. The molecule has 1 heterocycles. The van der Waals surface area contributed by atoms with Gasteiger partial charge in [-0.1, -0.05) is 6.07 Å². The highest BCUT2D eigenvalue weighted by Crippen LogP contribution is 2.32. The van der Waals surface area contributed by atoms with E-state index >= 15 is 0 Å². The van der Waals surface area contributed by atoms with Gasteiger partial charge in [0.1, 0.15) is 5.54 Å². The third-order valence-electron chi connectivity index (χ3n) is 4.66. The number of hydrogen-bond donors (Lipinski definition) is 5. The fourth-order valence-electron chi connectivity index (χ4n) is 2.83. The highest BCUT2D eigenvalue weighted by atomic mass is 16.7. The van der Waals surface area contributed by atoms with Crippen molar-refractivity contribution >= 4 is 17.3 Å². The monoisotopic (exact) mass is 419 g/mol. The first-order valence-corrected chi connectivity index (χ1v) is 8.97. The fraction of sp³-hybridized carbons (Fsp3) is 0.316. The Balaban J connectivity index is 1.83. The summed E-state index contributed by atoms with van der Waals surface area (Å²) in [6.45, 7) is -1.65. The molecule has 1 aliphatic rings. The molecule has 3 rings (SSSR count). The Hall–Kier alpha value is -3.41. The smallest absolute Gasteiger partial charge is 0.270 e. The summed E-state index contributed by atoms with van der Waals surface area (Å²) >= 11 is 0. The highest BCUT2D eigenvalue weighted by Gasteiger charge is 2.30. The van der Waals surface area contributed by atoms with E-state index in [2.05, 4.69) is 10.6 Å². The number of non-ortho nitro benzene ring substituents is 1. The van der Waals surface area contributed by atoms with E-state index in [0.29, 0.717) is 11.5 Å². The van der Waals surface area contributed by atoms with Crippen LogP contribution in [0.25, 0.3) is 0 Å². The fourth-order valence-corrected chi connectivity index (χ4v) is 2.83. The zero-order valence-electron chi connectivity index (χ0n) is 15.8. The quantitative estimate of drug-likeness (QED) is 0.285. The molecule has 11 nitrogen and oxygen atoms in total. The van der Waals surface area contributed by atoms with E-state index in [1.165, 1.54) is 12.1 Å². The van der Waals surface area contributed by atoms with Crippen LogP contribution < -0.4 is 20.1 Å². The van der Waals surface area contributed by atoms with Gasteiger partial charge < -0.3 is 35.4 Å². The van der Waals surface area contributed by atoms with Gasteiger partial charge in [0.15, 0.2) is 11.5 Å².